The van der Waals surface area contributed by atoms with E-state index in [9.17, 15) is 4.79 Å². The third kappa shape index (κ3) is 4.98. The van der Waals surface area contributed by atoms with E-state index in [-0.39, 0.29) is 5.91 Å². The van der Waals surface area contributed by atoms with Gasteiger partial charge in [0.05, 0.1) is 0 Å². The van der Waals surface area contributed by atoms with Gasteiger partial charge in [-0.1, -0.05) is 78.3 Å². The fraction of sp³-hybridized carbons (Fsp3) is 0.0690. The lowest BCUT2D eigenvalue weighted by molar-refractivity contribution is -0.110. The fourth-order valence-electron chi connectivity index (χ4n) is 3.79. The number of benzene rings is 4. The highest BCUT2D eigenvalue weighted by Gasteiger charge is 2.24. The van der Waals surface area contributed by atoms with E-state index in [1.165, 1.54) is 0 Å². The van der Waals surface area contributed by atoms with Gasteiger partial charge in [-0.15, -0.1) is 0 Å². The van der Waals surface area contributed by atoms with E-state index in [4.69, 9.17) is 21.1 Å². The Balaban J connectivity index is 1.45. The first kappa shape index (κ1) is 21.8. The van der Waals surface area contributed by atoms with Gasteiger partial charge < -0.3 is 14.8 Å². The molecular formula is C29H22ClNO3. The van der Waals surface area contributed by atoms with Crippen LogP contribution in [0.2, 0.25) is 5.02 Å². The van der Waals surface area contributed by atoms with Crippen molar-refractivity contribution in [3.05, 3.63) is 124 Å². The highest BCUT2D eigenvalue weighted by molar-refractivity contribution is 6.36. The molecule has 5 heteroatoms. The zero-order chi connectivity index (χ0) is 23.3. The molecule has 4 nitrogen and oxygen atoms in total. The van der Waals surface area contributed by atoms with Crippen LogP contribution in [0.3, 0.4) is 0 Å². The lowest BCUT2D eigenvalue weighted by Gasteiger charge is -2.14. The largest absolute Gasteiger partial charge is 0.485 e. The Kier molecular flexibility index (Phi) is 6.32. The maximum Gasteiger partial charge on any atom is 0.256 e. The van der Waals surface area contributed by atoms with Crippen LogP contribution in [0.15, 0.2) is 97.1 Å². The van der Waals surface area contributed by atoms with Crippen LogP contribution in [0.4, 0.5) is 5.69 Å². The number of carbonyl (C=O) groups excluding carboxylic acids is 1. The molecule has 1 amide bonds. The maximum absolute atomic E-state index is 12.6. The SMILES string of the molecule is O=C1Nc2ccc(Cl)cc2/C1=C\c1ccc(OCc2ccccc2)c(OCc2ccccc2)c1. The van der Waals surface area contributed by atoms with Crippen LogP contribution in [0.25, 0.3) is 11.6 Å². The van der Waals surface area contributed by atoms with Crippen molar-refractivity contribution in [3.63, 3.8) is 0 Å². The second-order valence-corrected chi connectivity index (χ2v) is 8.39. The van der Waals surface area contributed by atoms with Crippen molar-refractivity contribution < 1.29 is 14.3 Å². The van der Waals surface area contributed by atoms with Crippen molar-refractivity contribution >= 4 is 34.8 Å². The normalized spacial score (nSPS) is 13.4. The summed E-state index contributed by atoms with van der Waals surface area (Å²) in [5.74, 6) is 1.09. The first-order chi connectivity index (χ1) is 16.7. The second-order valence-electron chi connectivity index (χ2n) is 7.96. The van der Waals surface area contributed by atoms with Gasteiger partial charge >= 0.3 is 0 Å². The number of halogens is 1. The topological polar surface area (TPSA) is 47.6 Å². The zero-order valence-electron chi connectivity index (χ0n) is 18.3. The molecule has 0 atom stereocenters. The van der Waals surface area contributed by atoms with Crippen molar-refractivity contribution in [2.45, 2.75) is 13.2 Å². The predicted molar refractivity (Wildman–Crippen MR) is 136 cm³/mol. The minimum absolute atomic E-state index is 0.159. The van der Waals surface area contributed by atoms with Crippen molar-refractivity contribution in [1.82, 2.24) is 0 Å². The molecule has 0 bridgehead atoms. The molecule has 1 heterocycles. The average molecular weight is 468 g/mol. The number of nitrogens with one attached hydrogen (secondary N) is 1. The molecule has 34 heavy (non-hydrogen) atoms. The number of hydrogen-bond donors (Lipinski definition) is 1. The van der Waals surface area contributed by atoms with Gasteiger partial charge in [0, 0.05) is 21.8 Å². The summed E-state index contributed by atoms with van der Waals surface area (Å²) in [4.78, 5) is 12.6. The Morgan fingerprint density at radius 3 is 2.06 bits per heavy atom. The zero-order valence-corrected chi connectivity index (χ0v) is 19.1. The molecule has 0 saturated carbocycles. The second kappa shape index (κ2) is 9.86. The maximum atomic E-state index is 12.6. The molecule has 0 radical (unpaired) electrons. The Morgan fingerprint density at radius 2 is 1.38 bits per heavy atom. The van der Waals surface area contributed by atoms with Gasteiger partial charge in [0.25, 0.3) is 5.91 Å². The van der Waals surface area contributed by atoms with Gasteiger partial charge in [0.15, 0.2) is 11.5 Å². The molecule has 0 spiro atoms. The number of anilines is 1. The van der Waals surface area contributed by atoms with E-state index < -0.39 is 0 Å². The minimum Gasteiger partial charge on any atom is -0.485 e. The summed E-state index contributed by atoms with van der Waals surface area (Å²) >= 11 is 6.17. The molecule has 0 aliphatic carbocycles. The molecule has 4 aromatic rings. The molecule has 0 fully saturated rings. The highest BCUT2D eigenvalue weighted by Crippen LogP contribution is 2.36. The molecule has 0 unspecified atom stereocenters. The standard InChI is InChI=1S/C29H22ClNO3/c30-23-12-13-26-24(17-23)25(29(32)31-26)15-22-11-14-27(33-18-20-7-3-1-4-8-20)28(16-22)34-19-21-9-5-2-6-10-21/h1-17H,18-19H2,(H,31,32)/b25-15+. The minimum atomic E-state index is -0.159. The van der Waals surface area contributed by atoms with Gasteiger partial charge in [0.2, 0.25) is 0 Å². The van der Waals surface area contributed by atoms with Crippen LogP contribution in [0.1, 0.15) is 22.3 Å². The lowest BCUT2D eigenvalue weighted by Crippen LogP contribution is -2.03. The molecular weight excluding hydrogens is 446 g/mol. The third-order valence-electron chi connectivity index (χ3n) is 5.52. The van der Waals surface area contributed by atoms with Gasteiger partial charge in [0.1, 0.15) is 13.2 Å². The van der Waals surface area contributed by atoms with Crippen LogP contribution >= 0.6 is 11.6 Å². The first-order valence-corrected chi connectivity index (χ1v) is 11.3. The Labute approximate surface area is 203 Å². The third-order valence-corrected chi connectivity index (χ3v) is 5.75. The Bertz CT molecular complexity index is 1350. The first-order valence-electron chi connectivity index (χ1n) is 11.0. The average Bonchev–Trinajstić information content (AvgIpc) is 3.17. The molecule has 1 aliphatic rings. The van der Waals surface area contributed by atoms with Crippen LogP contribution < -0.4 is 14.8 Å². The molecule has 0 saturated heterocycles. The van der Waals surface area contributed by atoms with E-state index in [0.29, 0.717) is 35.3 Å². The Morgan fingerprint density at radius 1 is 0.735 bits per heavy atom. The summed E-state index contributed by atoms with van der Waals surface area (Å²) in [6.45, 7) is 0.832. The number of hydrogen-bond acceptors (Lipinski definition) is 3. The van der Waals surface area contributed by atoms with Gasteiger partial charge in [-0.2, -0.15) is 0 Å². The number of rotatable bonds is 7. The monoisotopic (exact) mass is 467 g/mol. The summed E-state index contributed by atoms with van der Waals surface area (Å²) in [6.07, 6.45) is 1.84. The van der Waals surface area contributed by atoms with Crippen molar-refractivity contribution in [1.29, 1.82) is 0 Å². The Hall–Kier alpha value is -4.02. The molecule has 5 rings (SSSR count). The van der Waals surface area contributed by atoms with Crippen molar-refractivity contribution in [2.75, 3.05) is 5.32 Å². The van der Waals surface area contributed by atoms with Crippen LogP contribution in [0, 0.1) is 0 Å². The van der Waals surface area contributed by atoms with E-state index in [1.54, 1.807) is 12.1 Å². The molecule has 4 aromatic carbocycles. The smallest absolute Gasteiger partial charge is 0.256 e. The predicted octanol–water partition coefficient (Wildman–Crippen LogP) is 6.99. The van der Waals surface area contributed by atoms with E-state index >= 15 is 0 Å². The summed E-state index contributed by atoms with van der Waals surface area (Å²) in [7, 11) is 0. The van der Waals surface area contributed by atoms with Gasteiger partial charge in [-0.3, -0.25) is 4.79 Å². The van der Waals surface area contributed by atoms with E-state index in [2.05, 4.69) is 5.32 Å². The van der Waals surface area contributed by atoms with Crippen LogP contribution in [-0.2, 0) is 18.0 Å². The van der Waals surface area contributed by atoms with Crippen molar-refractivity contribution in [2.24, 2.45) is 0 Å². The summed E-state index contributed by atoms with van der Waals surface area (Å²) in [5, 5.41) is 3.47. The van der Waals surface area contributed by atoms with Gasteiger partial charge in [-0.05, 0) is 53.1 Å². The quantitative estimate of drug-likeness (QED) is 0.298. The number of fused-ring (bicyclic) bond motifs is 1. The van der Waals surface area contributed by atoms with E-state index in [0.717, 1.165) is 27.9 Å². The molecule has 168 valence electrons. The molecule has 1 N–H and O–H groups in total. The molecule has 1 aliphatic heterocycles. The van der Waals surface area contributed by atoms with Crippen LogP contribution in [0.5, 0.6) is 11.5 Å². The fourth-order valence-corrected chi connectivity index (χ4v) is 3.96. The number of ether oxygens (including phenoxy) is 2. The highest BCUT2D eigenvalue weighted by atomic mass is 35.5. The van der Waals surface area contributed by atoms with Crippen molar-refractivity contribution in [3.8, 4) is 11.5 Å². The summed E-state index contributed by atoms with van der Waals surface area (Å²) < 4.78 is 12.2. The lowest BCUT2D eigenvalue weighted by atomic mass is 10.0. The summed E-state index contributed by atoms with van der Waals surface area (Å²) in [5.41, 5.74) is 5.05. The van der Waals surface area contributed by atoms with Crippen LogP contribution in [-0.4, -0.2) is 5.91 Å². The molecule has 0 aromatic heterocycles. The summed E-state index contributed by atoms with van der Waals surface area (Å²) in [6, 6.07) is 31.0. The number of carbonyl (C=O) groups is 1. The van der Waals surface area contributed by atoms with Gasteiger partial charge in [-0.25, -0.2) is 0 Å². The number of amides is 1. The van der Waals surface area contributed by atoms with E-state index in [1.807, 2.05) is 91.0 Å².